The Balaban J connectivity index is 0.00000180. The average molecular weight is 308 g/mol. The summed E-state index contributed by atoms with van der Waals surface area (Å²) in [5.41, 5.74) is 0.00146. The van der Waals surface area contributed by atoms with E-state index in [1.165, 1.54) is 0 Å². The molecule has 1 fully saturated rings. The first-order valence-electron chi connectivity index (χ1n) is 5.88. The topological polar surface area (TPSA) is 52.9 Å². The highest BCUT2D eigenvalue weighted by Crippen LogP contribution is 2.38. The van der Waals surface area contributed by atoms with Crippen LogP contribution in [0.25, 0.3) is 0 Å². The summed E-state index contributed by atoms with van der Waals surface area (Å²) in [5.74, 6) is -1.56. The zero-order valence-corrected chi connectivity index (χ0v) is 12.7. The fraction of sp³-hybridized carbons (Fsp3) is 0.538. The maximum absolute atomic E-state index is 10.7. The van der Waals surface area contributed by atoms with Crippen LogP contribution in [-0.4, -0.2) is 33.6 Å². The Kier molecular flexibility index (Phi) is 4.88. The second kappa shape index (κ2) is 5.56. The van der Waals surface area contributed by atoms with Gasteiger partial charge in [-0.05, 0) is 32.9 Å². The van der Waals surface area contributed by atoms with Crippen molar-refractivity contribution in [3.8, 4) is 0 Å². The van der Waals surface area contributed by atoms with Gasteiger partial charge in [0, 0.05) is 10.6 Å². The van der Waals surface area contributed by atoms with Crippen LogP contribution >= 0.6 is 24.0 Å². The highest BCUT2D eigenvalue weighted by atomic mass is 35.5. The lowest BCUT2D eigenvalue weighted by Crippen LogP contribution is -2.63. The number of halogens is 2. The van der Waals surface area contributed by atoms with Crippen molar-refractivity contribution < 1.29 is 15.1 Å². The van der Waals surface area contributed by atoms with Gasteiger partial charge in [-0.15, -0.1) is 12.4 Å². The number of hydroxylamine groups is 2. The minimum Gasteiger partial charge on any atom is -0.361 e. The van der Waals surface area contributed by atoms with Crippen molar-refractivity contribution in [1.82, 2.24) is 5.06 Å². The summed E-state index contributed by atoms with van der Waals surface area (Å²) in [6, 6.07) is 6.24. The molecular weight excluding hydrogens is 289 g/mol. The number of hydrogen-bond acceptors (Lipinski definition) is 4. The molecular formula is C13H19Cl2NO3. The molecule has 2 rings (SSSR count). The second-order valence-corrected chi connectivity index (χ2v) is 5.76. The average Bonchev–Trinajstić information content (AvgIpc) is 2.32. The van der Waals surface area contributed by atoms with E-state index < -0.39 is 17.4 Å². The van der Waals surface area contributed by atoms with Crippen LogP contribution in [0.3, 0.4) is 0 Å². The molecule has 2 atom stereocenters. The maximum atomic E-state index is 10.7. The first-order valence-corrected chi connectivity index (χ1v) is 6.26. The molecule has 0 bridgehead atoms. The highest BCUT2D eigenvalue weighted by molar-refractivity contribution is 6.30. The van der Waals surface area contributed by atoms with E-state index in [4.69, 9.17) is 16.3 Å². The Labute approximate surface area is 124 Å². The van der Waals surface area contributed by atoms with E-state index in [1.807, 2.05) is 13.8 Å². The number of benzene rings is 1. The number of hydrogen-bond donors (Lipinski definition) is 2. The first kappa shape index (κ1) is 16.7. The Morgan fingerprint density at radius 2 is 2.05 bits per heavy atom. The zero-order chi connectivity index (χ0) is 13.6. The second-order valence-electron chi connectivity index (χ2n) is 5.33. The number of aliphatic hydroxyl groups is 1. The van der Waals surface area contributed by atoms with Crippen LogP contribution in [0.15, 0.2) is 24.3 Å². The molecule has 1 aromatic carbocycles. The summed E-state index contributed by atoms with van der Waals surface area (Å²) < 4.78 is 5.60. The van der Waals surface area contributed by atoms with Crippen LogP contribution in [0.1, 0.15) is 26.3 Å². The monoisotopic (exact) mass is 307 g/mol. The number of ether oxygens (including phenoxy) is 1. The normalized spacial score (nSPS) is 30.7. The SMILES string of the molecule is CC1N(O)C(C)(C)COC1(O)c1cccc(Cl)c1.Cl. The quantitative estimate of drug-likeness (QED) is 0.837. The molecule has 4 nitrogen and oxygen atoms in total. The van der Waals surface area contributed by atoms with E-state index in [-0.39, 0.29) is 19.0 Å². The van der Waals surface area contributed by atoms with Crippen LogP contribution < -0.4 is 0 Å². The third kappa shape index (κ3) is 2.89. The molecule has 0 spiro atoms. The van der Waals surface area contributed by atoms with Crippen molar-refractivity contribution >= 4 is 24.0 Å². The molecule has 1 heterocycles. The predicted molar refractivity (Wildman–Crippen MR) is 75.7 cm³/mol. The Hall–Kier alpha value is -0.360. The van der Waals surface area contributed by atoms with Crippen LogP contribution in [0, 0.1) is 0 Å². The molecule has 0 aliphatic carbocycles. The van der Waals surface area contributed by atoms with Crippen molar-refractivity contribution in [2.24, 2.45) is 0 Å². The Bertz CT molecular complexity index is 455. The fourth-order valence-electron chi connectivity index (χ4n) is 2.20. The van der Waals surface area contributed by atoms with E-state index in [2.05, 4.69) is 0 Å². The van der Waals surface area contributed by atoms with Crippen LogP contribution in [-0.2, 0) is 10.5 Å². The fourth-order valence-corrected chi connectivity index (χ4v) is 2.39. The van der Waals surface area contributed by atoms with E-state index >= 15 is 0 Å². The van der Waals surface area contributed by atoms with E-state index in [0.29, 0.717) is 10.6 Å². The minimum absolute atomic E-state index is 0. The van der Waals surface area contributed by atoms with Gasteiger partial charge in [0.25, 0.3) is 0 Å². The largest absolute Gasteiger partial charge is 0.361 e. The van der Waals surface area contributed by atoms with Gasteiger partial charge in [-0.25, -0.2) is 0 Å². The van der Waals surface area contributed by atoms with Gasteiger partial charge in [0.05, 0.1) is 18.2 Å². The van der Waals surface area contributed by atoms with E-state index in [9.17, 15) is 10.3 Å². The summed E-state index contributed by atoms with van der Waals surface area (Å²) in [5, 5.41) is 22.4. The molecule has 1 aliphatic rings. The van der Waals surface area contributed by atoms with Crippen LogP contribution in [0.4, 0.5) is 0 Å². The van der Waals surface area contributed by atoms with E-state index in [1.54, 1.807) is 31.2 Å². The van der Waals surface area contributed by atoms with Crippen LogP contribution in [0.2, 0.25) is 5.02 Å². The van der Waals surface area contributed by atoms with Crippen molar-refractivity contribution in [2.75, 3.05) is 6.61 Å². The van der Waals surface area contributed by atoms with Gasteiger partial charge in [-0.1, -0.05) is 23.7 Å². The van der Waals surface area contributed by atoms with Gasteiger partial charge in [-0.2, -0.15) is 5.06 Å². The summed E-state index contributed by atoms with van der Waals surface area (Å²) in [6.45, 7) is 5.63. The minimum atomic E-state index is -1.56. The summed E-state index contributed by atoms with van der Waals surface area (Å²) >= 11 is 5.92. The molecule has 19 heavy (non-hydrogen) atoms. The molecule has 2 unspecified atom stereocenters. The van der Waals surface area contributed by atoms with Gasteiger partial charge < -0.3 is 15.1 Å². The van der Waals surface area contributed by atoms with Crippen molar-refractivity contribution in [1.29, 1.82) is 0 Å². The lowest BCUT2D eigenvalue weighted by Gasteiger charge is -2.50. The molecule has 1 aliphatic heterocycles. The Morgan fingerprint density at radius 1 is 1.42 bits per heavy atom. The maximum Gasteiger partial charge on any atom is 0.210 e. The molecule has 1 saturated heterocycles. The Morgan fingerprint density at radius 3 is 2.63 bits per heavy atom. The zero-order valence-electron chi connectivity index (χ0n) is 11.1. The van der Waals surface area contributed by atoms with Crippen molar-refractivity contribution in [3.63, 3.8) is 0 Å². The van der Waals surface area contributed by atoms with Gasteiger partial charge in [0.1, 0.15) is 0 Å². The van der Waals surface area contributed by atoms with Crippen molar-refractivity contribution in [3.05, 3.63) is 34.9 Å². The van der Waals surface area contributed by atoms with Crippen molar-refractivity contribution in [2.45, 2.75) is 38.1 Å². The lowest BCUT2D eigenvalue weighted by atomic mass is 9.92. The molecule has 0 saturated carbocycles. The summed E-state index contributed by atoms with van der Waals surface area (Å²) in [7, 11) is 0. The highest BCUT2D eigenvalue weighted by Gasteiger charge is 2.50. The number of nitrogens with zero attached hydrogens (tertiary/aromatic N) is 1. The standard InChI is InChI=1S/C13H18ClNO3.ClH/c1-9-13(16,10-5-4-6-11(14)7-10)18-8-12(2,3)15(9)17;/h4-7,9,16-17H,8H2,1-3H3;1H. The molecule has 1 aromatic rings. The summed E-state index contributed by atoms with van der Waals surface area (Å²) in [4.78, 5) is 0. The van der Waals surface area contributed by atoms with Gasteiger partial charge >= 0.3 is 0 Å². The third-order valence-electron chi connectivity index (χ3n) is 3.44. The number of rotatable bonds is 1. The van der Waals surface area contributed by atoms with Gasteiger partial charge in [0.15, 0.2) is 0 Å². The lowest BCUT2D eigenvalue weighted by molar-refractivity contribution is -0.363. The summed E-state index contributed by atoms with van der Waals surface area (Å²) in [6.07, 6.45) is 0. The van der Waals surface area contributed by atoms with E-state index in [0.717, 1.165) is 5.06 Å². The number of morpholine rings is 1. The first-order chi connectivity index (χ1) is 8.27. The van der Waals surface area contributed by atoms with Gasteiger partial charge in [-0.3, -0.25) is 0 Å². The third-order valence-corrected chi connectivity index (χ3v) is 3.67. The molecule has 0 amide bonds. The van der Waals surface area contributed by atoms with Crippen LogP contribution in [0.5, 0.6) is 0 Å². The molecule has 108 valence electrons. The molecule has 6 heteroatoms. The predicted octanol–water partition coefficient (Wildman–Crippen LogP) is 2.80. The smallest absolute Gasteiger partial charge is 0.210 e. The molecule has 0 radical (unpaired) electrons. The molecule has 0 aromatic heterocycles. The van der Waals surface area contributed by atoms with Gasteiger partial charge in [0.2, 0.25) is 5.79 Å². The molecule has 2 N–H and O–H groups in total.